The van der Waals surface area contributed by atoms with E-state index in [0.29, 0.717) is 32.4 Å². The largest absolute Gasteiger partial charge is 0.369 e. The molecule has 0 bridgehead atoms. The number of hydrazine groups is 1. The van der Waals surface area contributed by atoms with Gasteiger partial charge in [-0.25, -0.2) is 15.2 Å². The lowest BCUT2D eigenvalue weighted by Gasteiger charge is -2.32. The number of halogens is 1. The Hall–Kier alpha value is -1.99. The van der Waals surface area contributed by atoms with Gasteiger partial charge in [0, 0.05) is 25.0 Å². The van der Waals surface area contributed by atoms with Crippen molar-refractivity contribution in [1.82, 2.24) is 15.8 Å². The number of hydrogen-bond acceptors (Lipinski definition) is 4. The van der Waals surface area contributed by atoms with Gasteiger partial charge in [-0.3, -0.25) is 9.59 Å². The van der Waals surface area contributed by atoms with Crippen molar-refractivity contribution in [3.05, 3.63) is 35.6 Å². The third-order valence-corrected chi connectivity index (χ3v) is 4.68. The third kappa shape index (κ3) is 3.51. The van der Waals surface area contributed by atoms with Crippen molar-refractivity contribution in [1.29, 1.82) is 0 Å². The molecule has 6 nitrogen and oxygen atoms in total. The fourth-order valence-corrected chi connectivity index (χ4v) is 3.24. The molecule has 2 amide bonds. The number of carbonyl (C=O) groups is 2. The Morgan fingerprint density at radius 1 is 1.13 bits per heavy atom. The van der Waals surface area contributed by atoms with Gasteiger partial charge in [-0.2, -0.15) is 0 Å². The highest BCUT2D eigenvalue weighted by Crippen LogP contribution is 2.25. The van der Waals surface area contributed by atoms with E-state index in [2.05, 4.69) is 10.9 Å². The van der Waals surface area contributed by atoms with Gasteiger partial charge in [0.25, 0.3) is 0 Å². The van der Waals surface area contributed by atoms with E-state index in [1.54, 1.807) is 17.0 Å². The molecule has 23 heavy (non-hydrogen) atoms. The smallest absolute Gasteiger partial charge is 0.241 e. The Kier molecular flexibility index (Phi) is 4.58. The highest BCUT2D eigenvalue weighted by Gasteiger charge is 2.35. The number of hydrogen-bond donors (Lipinski definition) is 3. The lowest BCUT2D eigenvalue weighted by atomic mass is 9.95. The first-order valence-electron chi connectivity index (χ1n) is 7.89. The molecule has 2 heterocycles. The van der Waals surface area contributed by atoms with Crippen LogP contribution in [0.25, 0.3) is 0 Å². The van der Waals surface area contributed by atoms with Gasteiger partial charge in [0.05, 0.1) is 0 Å². The molecule has 0 aliphatic carbocycles. The van der Waals surface area contributed by atoms with Crippen molar-refractivity contribution >= 4 is 11.8 Å². The van der Waals surface area contributed by atoms with E-state index in [1.807, 2.05) is 0 Å². The predicted molar refractivity (Wildman–Crippen MR) is 82.3 cm³/mol. The first-order valence-corrected chi connectivity index (χ1v) is 7.89. The maximum Gasteiger partial charge on any atom is 0.241 e. The number of nitrogens with one attached hydrogen (secondary N) is 2. The van der Waals surface area contributed by atoms with Gasteiger partial charge in [0.15, 0.2) is 0 Å². The molecular weight excluding hydrogens is 299 g/mol. The summed E-state index contributed by atoms with van der Waals surface area (Å²) in [5.41, 5.74) is 12.4. The van der Waals surface area contributed by atoms with E-state index in [1.165, 1.54) is 12.1 Å². The second-order valence-electron chi connectivity index (χ2n) is 6.18. The summed E-state index contributed by atoms with van der Waals surface area (Å²) in [6, 6.07) is 5.95. The van der Waals surface area contributed by atoms with Crippen LogP contribution in [0, 0.1) is 11.7 Å². The summed E-state index contributed by atoms with van der Waals surface area (Å²) in [5, 5.41) is 0. The Morgan fingerprint density at radius 2 is 1.78 bits per heavy atom. The van der Waals surface area contributed by atoms with Gasteiger partial charge in [0.2, 0.25) is 11.8 Å². The molecule has 0 saturated carbocycles. The average Bonchev–Trinajstić information content (AvgIpc) is 3.05. The number of carbonyl (C=O) groups excluding carboxylic acids is 2. The van der Waals surface area contributed by atoms with E-state index < -0.39 is 0 Å². The molecule has 1 aromatic rings. The van der Waals surface area contributed by atoms with Gasteiger partial charge in [-0.1, -0.05) is 12.1 Å². The number of rotatable bonds is 3. The van der Waals surface area contributed by atoms with Crippen LogP contribution in [-0.2, 0) is 9.59 Å². The number of benzene rings is 1. The van der Waals surface area contributed by atoms with Gasteiger partial charge < -0.3 is 10.6 Å². The molecule has 4 N–H and O–H groups in total. The Balaban J connectivity index is 1.55. The van der Waals surface area contributed by atoms with Crippen LogP contribution in [0.2, 0.25) is 0 Å². The molecule has 2 aliphatic rings. The molecule has 124 valence electrons. The molecule has 2 atom stereocenters. The maximum atomic E-state index is 13.0. The Bertz CT molecular complexity index is 584. The summed E-state index contributed by atoms with van der Waals surface area (Å²) in [5.74, 6) is -0.649. The summed E-state index contributed by atoms with van der Waals surface area (Å²) < 4.78 is 13.0. The lowest BCUT2D eigenvalue weighted by Crippen LogP contribution is -2.49. The fourth-order valence-electron chi connectivity index (χ4n) is 3.24. The van der Waals surface area contributed by atoms with Crippen LogP contribution < -0.4 is 16.6 Å². The summed E-state index contributed by atoms with van der Waals surface area (Å²) in [6.45, 7) is 1.12. The quantitative estimate of drug-likeness (QED) is 0.755. The number of nitrogens with two attached hydrogens (primary N) is 1. The predicted octanol–water partition coefficient (Wildman–Crippen LogP) is 0.457. The van der Waals surface area contributed by atoms with Gasteiger partial charge >= 0.3 is 0 Å². The average molecular weight is 320 g/mol. The zero-order valence-corrected chi connectivity index (χ0v) is 12.8. The minimum atomic E-state index is -0.310. The molecule has 2 unspecified atom stereocenters. The van der Waals surface area contributed by atoms with Crippen LogP contribution in [0.3, 0.4) is 0 Å². The minimum Gasteiger partial charge on any atom is -0.369 e. The van der Waals surface area contributed by atoms with Crippen molar-refractivity contribution in [3.63, 3.8) is 0 Å². The normalized spacial score (nSPS) is 25.5. The van der Waals surface area contributed by atoms with E-state index in [9.17, 15) is 14.0 Å². The van der Waals surface area contributed by atoms with Crippen molar-refractivity contribution < 1.29 is 14.0 Å². The number of piperidine rings is 1. The van der Waals surface area contributed by atoms with Crippen LogP contribution in [-0.4, -0.2) is 35.8 Å². The van der Waals surface area contributed by atoms with Crippen molar-refractivity contribution in [2.24, 2.45) is 11.7 Å². The van der Waals surface area contributed by atoms with Gasteiger partial charge in [0.1, 0.15) is 11.9 Å². The second kappa shape index (κ2) is 6.64. The lowest BCUT2D eigenvalue weighted by molar-refractivity contribution is -0.136. The summed E-state index contributed by atoms with van der Waals surface area (Å²) >= 11 is 0. The fraction of sp³-hybridized carbons (Fsp3) is 0.500. The third-order valence-electron chi connectivity index (χ3n) is 4.68. The molecule has 0 spiro atoms. The highest BCUT2D eigenvalue weighted by molar-refractivity contribution is 5.83. The summed E-state index contributed by atoms with van der Waals surface area (Å²) in [7, 11) is 0. The van der Waals surface area contributed by atoms with Crippen LogP contribution in [0.5, 0.6) is 0 Å². The van der Waals surface area contributed by atoms with E-state index >= 15 is 0 Å². The summed E-state index contributed by atoms with van der Waals surface area (Å²) in [4.78, 5) is 25.5. The summed E-state index contributed by atoms with van der Waals surface area (Å²) in [6.07, 6.45) is 1.87. The second-order valence-corrected chi connectivity index (χ2v) is 6.18. The van der Waals surface area contributed by atoms with Crippen LogP contribution in [0.1, 0.15) is 30.9 Å². The molecule has 2 saturated heterocycles. The van der Waals surface area contributed by atoms with Crippen LogP contribution in [0.4, 0.5) is 4.39 Å². The molecule has 0 radical (unpaired) electrons. The van der Waals surface area contributed by atoms with E-state index in [0.717, 1.165) is 5.56 Å². The van der Waals surface area contributed by atoms with Crippen LogP contribution >= 0.6 is 0 Å². The Morgan fingerprint density at radius 3 is 2.39 bits per heavy atom. The SMILES string of the molecule is NC(=O)C1CCN(C(=O)C2CC(c3ccc(F)cc3)NN2)CC1. The zero-order chi connectivity index (χ0) is 16.4. The highest BCUT2D eigenvalue weighted by atomic mass is 19.1. The van der Waals surface area contributed by atoms with Gasteiger partial charge in [-0.15, -0.1) is 0 Å². The minimum absolute atomic E-state index is 0.0206. The zero-order valence-electron chi connectivity index (χ0n) is 12.8. The standard InChI is InChI=1S/C16H21FN4O2/c17-12-3-1-10(2-4-12)13-9-14(20-19-13)16(23)21-7-5-11(6-8-21)15(18)22/h1-4,11,13-14,19-20H,5-9H2,(H2,18,22). The first kappa shape index (κ1) is 15.9. The molecule has 3 rings (SSSR count). The molecule has 0 aromatic heterocycles. The van der Waals surface area contributed by atoms with Gasteiger partial charge in [-0.05, 0) is 37.0 Å². The number of amides is 2. The topological polar surface area (TPSA) is 87.5 Å². The molecule has 7 heteroatoms. The molecule has 2 fully saturated rings. The molecule has 2 aliphatic heterocycles. The van der Waals surface area contributed by atoms with Crippen molar-refractivity contribution in [2.75, 3.05) is 13.1 Å². The number of nitrogens with zero attached hydrogens (tertiary/aromatic N) is 1. The van der Waals surface area contributed by atoms with E-state index in [4.69, 9.17) is 5.73 Å². The maximum absolute atomic E-state index is 13.0. The number of primary amides is 1. The van der Waals surface area contributed by atoms with Crippen molar-refractivity contribution in [2.45, 2.75) is 31.3 Å². The van der Waals surface area contributed by atoms with E-state index in [-0.39, 0.29) is 35.6 Å². The van der Waals surface area contributed by atoms with Crippen LogP contribution in [0.15, 0.2) is 24.3 Å². The molecular formula is C16H21FN4O2. The monoisotopic (exact) mass is 320 g/mol. The molecule has 1 aromatic carbocycles. The Labute approximate surface area is 134 Å². The van der Waals surface area contributed by atoms with Crippen molar-refractivity contribution in [3.8, 4) is 0 Å². The first-order chi connectivity index (χ1) is 11.0. The number of likely N-dealkylation sites (tertiary alicyclic amines) is 1.